The Bertz CT molecular complexity index is 439. The summed E-state index contributed by atoms with van der Waals surface area (Å²) in [5.74, 6) is 2.08. The zero-order valence-corrected chi connectivity index (χ0v) is 11.6. The molecule has 0 atom stereocenters. The maximum Gasteiger partial charge on any atom is 0.132 e. The lowest BCUT2D eigenvalue weighted by Gasteiger charge is -2.22. The van der Waals surface area contributed by atoms with Crippen molar-refractivity contribution in [1.29, 1.82) is 0 Å². The van der Waals surface area contributed by atoms with Crippen molar-refractivity contribution < 1.29 is 9.53 Å². The topological polar surface area (TPSA) is 26.3 Å². The minimum atomic E-state index is 0.439. The molecule has 0 unspecified atom stereocenters. The van der Waals surface area contributed by atoms with Crippen LogP contribution in [-0.2, 0) is 11.2 Å². The molecule has 1 aromatic rings. The van der Waals surface area contributed by atoms with Gasteiger partial charge in [-0.2, -0.15) is 0 Å². The van der Waals surface area contributed by atoms with Crippen LogP contribution in [0.15, 0.2) is 12.1 Å². The first-order valence-electron chi connectivity index (χ1n) is 6.76. The Balaban J connectivity index is 2.10. The number of carbonyl (C=O) groups excluding carboxylic acids is 1. The fourth-order valence-electron chi connectivity index (χ4n) is 2.81. The summed E-state index contributed by atoms with van der Waals surface area (Å²) >= 11 is 0. The predicted octanol–water partition coefficient (Wildman–Crippen LogP) is 3.61. The molecule has 1 fully saturated rings. The summed E-state index contributed by atoms with van der Waals surface area (Å²) in [7, 11) is 1.72. The van der Waals surface area contributed by atoms with Gasteiger partial charge in [0.25, 0.3) is 0 Å². The van der Waals surface area contributed by atoms with Gasteiger partial charge in [-0.3, -0.25) is 4.79 Å². The smallest absolute Gasteiger partial charge is 0.132 e. The van der Waals surface area contributed by atoms with Gasteiger partial charge in [0.15, 0.2) is 0 Å². The summed E-state index contributed by atoms with van der Waals surface area (Å²) in [5.41, 5.74) is 3.99. The van der Waals surface area contributed by atoms with Crippen LogP contribution >= 0.6 is 0 Å². The molecule has 0 bridgehead atoms. The SMILES string of the molecule is COc1ccc(CC2CCC(=O)CC2)c(C)c1C. The maximum absolute atomic E-state index is 11.2. The molecule has 0 heterocycles. The number of rotatable bonds is 3. The fourth-order valence-corrected chi connectivity index (χ4v) is 2.81. The molecular weight excluding hydrogens is 224 g/mol. The highest BCUT2D eigenvalue weighted by Crippen LogP contribution is 2.29. The zero-order valence-electron chi connectivity index (χ0n) is 11.6. The van der Waals surface area contributed by atoms with Gasteiger partial charge in [0.05, 0.1) is 7.11 Å². The quantitative estimate of drug-likeness (QED) is 0.814. The number of hydrogen-bond donors (Lipinski definition) is 0. The predicted molar refractivity (Wildman–Crippen MR) is 73.1 cm³/mol. The van der Waals surface area contributed by atoms with E-state index in [1.54, 1.807) is 7.11 Å². The second-order valence-electron chi connectivity index (χ2n) is 5.36. The normalized spacial score (nSPS) is 16.9. The molecule has 0 aliphatic heterocycles. The van der Waals surface area contributed by atoms with Crippen molar-refractivity contribution in [1.82, 2.24) is 0 Å². The third kappa shape index (κ3) is 2.74. The van der Waals surface area contributed by atoms with Crippen LogP contribution < -0.4 is 4.74 Å². The summed E-state index contributed by atoms with van der Waals surface area (Å²) in [5, 5.41) is 0. The van der Waals surface area contributed by atoms with Crippen molar-refractivity contribution in [2.75, 3.05) is 7.11 Å². The first kappa shape index (κ1) is 13.1. The third-order valence-corrected chi connectivity index (χ3v) is 4.24. The van der Waals surface area contributed by atoms with Crippen molar-refractivity contribution in [2.45, 2.75) is 46.0 Å². The van der Waals surface area contributed by atoms with Crippen molar-refractivity contribution in [3.63, 3.8) is 0 Å². The van der Waals surface area contributed by atoms with Crippen LogP contribution in [0.4, 0.5) is 0 Å². The lowest BCUT2D eigenvalue weighted by molar-refractivity contribution is -0.120. The molecule has 2 rings (SSSR count). The highest BCUT2D eigenvalue weighted by Gasteiger charge is 2.20. The second kappa shape index (κ2) is 5.55. The molecular formula is C16H22O2. The minimum Gasteiger partial charge on any atom is -0.496 e. The van der Waals surface area contributed by atoms with E-state index in [0.29, 0.717) is 11.7 Å². The molecule has 2 heteroatoms. The summed E-state index contributed by atoms with van der Waals surface area (Å²) < 4.78 is 5.34. The molecule has 98 valence electrons. The summed E-state index contributed by atoms with van der Waals surface area (Å²) in [6.45, 7) is 4.28. The van der Waals surface area contributed by atoms with Crippen LogP contribution in [0, 0.1) is 19.8 Å². The first-order valence-corrected chi connectivity index (χ1v) is 6.76. The average Bonchev–Trinajstić information content (AvgIpc) is 2.38. The number of ketones is 1. The number of hydrogen-bond acceptors (Lipinski definition) is 2. The molecule has 0 saturated heterocycles. The van der Waals surface area contributed by atoms with Crippen LogP contribution in [0.5, 0.6) is 5.75 Å². The van der Waals surface area contributed by atoms with E-state index < -0.39 is 0 Å². The monoisotopic (exact) mass is 246 g/mol. The molecule has 1 saturated carbocycles. The van der Waals surface area contributed by atoms with Crippen LogP contribution in [-0.4, -0.2) is 12.9 Å². The first-order chi connectivity index (χ1) is 8.61. The van der Waals surface area contributed by atoms with Crippen molar-refractivity contribution in [3.8, 4) is 5.75 Å². The van der Waals surface area contributed by atoms with Gasteiger partial charge in [0.2, 0.25) is 0 Å². The Hall–Kier alpha value is -1.31. The van der Waals surface area contributed by atoms with Crippen LogP contribution in [0.25, 0.3) is 0 Å². The van der Waals surface area contributed by atoms with E-state index in [1.807, 2.05) is 0 Å². The molecule has 0 aromatic heterocycles. The van der Waals surface area contributed by atoms with E-state index in [2.05, 4.69) is 26.0 Å². The number of carbonyl (C=O) groups is 1. The summed E-state index contributed by atoms with van der Waals surface area (Å²) in [6, 6.07) is 4.24. The summed E-state index contributed by atoms with van der Waals surface area (Å²) in [6.07, 6.45) is 4.77. The van der Waals surface area contributed by atoms with Gasteiger partial charge < -0.3 is 4.74 Å². The van der Waals surface area contributed by atoms with Gasteiger partial charge in [-0.15, -0.1) is 0 Å². The van der Waals surface area contributed by atoms with E-state index in [-0.39, 0.29) is 0 Å². The Kier molecular flexibility index (Phi) is 4.05. The zero-order chi connectivity index (χ0) is 13.1. The molecule has 18 heavy (non-hydrogen) atoms. The highest BCUT2D eigenvalue weighted by atomic mass is 16.5. The Morgan fingerprint density at radius 2 is 1.83 bits per heavy atom. The highest BCUT2D eigenvalue weighted by molar-refractivity contribution is 5.79. The Labute approximate surface area is 109 Å². The second-order valence-corrected chi connectivity index (χ2v) is 5.36. The van der Waals surface area contributed by atoms with E-state index in [4.69, 9.17) is 4.74 Å². The third-order valence-electron chi connectivity index (χ3n) is 4.24. The standard InChI is InChI=1S/C16H22O2/c1-11-12(2)16(18-3)9-6-14(11)10-13-4-7-15(17)8-5-13/h6,9,13H,4-5,7-8,10H2,1-3H3. The van der Waals surface area contributed by atoms with E-state index in [1.165, 1.54) is 16.7 Å². The largest absolute Gasteiger partial charge is 0.496 e. The molecule has 1 aliphatic rings. The maximum atomic E-state index is 11.2. The molecule has 1 aromatic carbocycles. The molecule has 0 amide bonds. The van der Waals surface area contributed by atoms with Gasteiger partial charge in [0.1, 0.15) is 11.5 Å². The van der Waals surface area contributed by atoms with Gasteiger partial charge in [-0.1, -0.05) is 6.07 Å². The Morgan fingerprint density at radius 1 is 1.17 bits per heavy atom. The van der Waals surface area contributed by atoms with Crippen LogP contribution in [0.2, 0.25) is 0 Å². The van der Waals surface area contributed by atoms with Gasteiger partial charge >= 0.3 is 0 Å². The Morgan fingerprint density at radius 3 is 2.44 bits per heavy atom. The van der Waals surface area contributed by atoms with Gasteiger partial charge in [0, 0.05) is 12.8 Å². The molecule has 0 radical (unpaired) electrons. The average molecular weight is 246 g/mol. The van der Waals surface area contributed by atoms with Crippen molar-refractivity contribution >= 4 is 5.78 Å². The number of ether oxygens (including phenoxy) is 1. The van der Waals surface area contributed by atoms with Crippen LogP contribution in [0.1, 0.15) is 42.4 Å². The van der Waals surface area contributed by atoms with E-state index in [9.17, 15) is 4.79 Å². The summed E-state index contributed by atoms with van der Waals surface area (Å²) in [4.78, 5) is 11.2. The lowest BCUT2D eigenvalue weighted by Crippen LogP contribution is -2.16. The fraction of sp³-hybridized carbons (Fsp3) is 0.562. The molecule has 1 aliphatic carbocycles. The molecule has 0 N–H and O–H groups in total. The number of benzene rings is 1. The van der Waals surface area contributed by atoms with Gasteiger partial charge in [-0.05, 0) is 61.8 Å². The molecule has 2 nitrogen and oxygen atoms in total. The minimum absolute atomic E-state index is 0.439. The van der Waals surface area contributed by atoms with E-state index in [0.717, 1.165) is 37.9 Å². The lowest BCUT2D eigenvalue weighted by atomic mass is 9.83. The van der Waals surface area contributed by atoms with Crippen molar-refractivity contribution in [3.05, 3.63) is 28.8 Å². The number of methoxy groups -OCH3 is 1. The van der Waals surface area contributed by atoms with Gasteiger partial charge in [-0.25, -0.2) is 0 Å². The van der Waals surface area contributed by atoms with Crippen molar-refractivity contribution in [2.24, 2.45) is 5.92 Å². The van der Waals surface area contributed by atoms with Crippen LogP contribution in [0.3, 0.4) is 0 Å². The molecule has 0 spiro atoms. The van der Waals surface area contributed by atoms with E-state index >= 15 is 0 Å². The number of Topliss-reactive ketones (excluding diaryl/α,β-unsaturated/α-hetero) is 1.